The molecule has 0 aliphatic rings. The zero-order valence-corrected chi connectivity index (χ0v) is 46.2. The van der Waals surface area contributed by atoms with Crippen molar-refractivity contribution in [2.45, 2.75) is 296 Å². The molecule has 9 heteroatoms. The highest BCUT2D eigenvalue weighted by Crippen LogP contribution is 2.17. The summed E-state index contributed by atoms with van der Waals surface area (Å²) in [6.07, 6.45) is 58.3. The molecule has 0 aromatic carbocycles. The minimum Gasteiger partial charge on any atom is -0.477 e. The fourth-order valence-electron chi connectivity index (χ4n) is 8.63. The monoisotopic (exact) mass is 977 g/mol. The van der Waals surface area contributed by atoms with Gasteiger partial charge in [-0.25, -0.2) is 4.79 Å². The number of likely N-dealkylation sites (N-methyl/N-ethyl adjacent to an activating group) is 1. The molecule has 1 N–H and O–H groups in total. The van der Waals surface area contributed by atoms with E-state index in [2.05, 4.69) is 38.2 Å². The van der Waals surface area contributed by atoms with Gasteiger partial charge in [0.2, 0.25) is 0 Å². The maximum atomic E-state index is 12.9. The molecule has 0 spiro atoms. The first-order chi connectivity index (χ1) is 33.6. The Bertz CT molecular complexity index is 1180. The number of allylic oxidation sites excluding steroid dienone is 4. The number of unbranched alkanes of at least 4 members (excludes halogenated alkanes) is 36. The van der Waals surface area contributed by atoms with Gasteiger partial charge in [0.1, 0.15) is 13.2 Å². The number of rotatable bonds is 55. The quantitative estimate of drug-likeness (QED) is 0.0211. The highest BCUT2D eigenvalue weighted by Gasteiger charge is 2.25. The summed E-state index contributed by atoms with van der Waals surface area (Å²) in [5.74, 6) is -1.98. The summed E-state index contributed by atoms with van der Waals surface area (Å²) < 4.78 is 22.9. The van der Waals surface area contributed by atoms with Crippen LogP contribution in [-0.4, -0.2) is 87.4 Å². The van der Waals surface area contributed by atoms with E-state index in [4.69, 9.17) is 18.9 Å². The van der Waals surface area contributed by atoms with Crippen LogP contribution >= 0.6 is 0 Å². The molecule has 0 aliphatic carbocycles. The summed E-state index contributed by atoms with van der Waals surface area (Å²) in [7, 11) is 5.98. The van der Waals surface area contributed by atoms with Crippen LogP contribution in [0.2, 0.25) is 0 Å². The van der Waals surface area contributed by atoms with E-state index in [0.29, 0.717) is 17.4 Å². The number of hydrogen-bond donors (Lipinski definition) is 1. The van der Waals surface area contributed by atoms with Crippen LogP contribution in [-0.2, 0) is 33.3 Å². The van der Waals surface area contributed by atoms with Crippen LogP contribution in [0.1, 0.15) is 284 Å². The molecule has 0 heterocycles. The summed E-state index contributed by atoms with van der Waals surface area (Å²) in [4.78, 5) is 37.4. The second-order valence-electron chi connectivity index (χ2n) is 21.3. The lowest BCUT2D eigenvalue weighted by molar-refractivity contribution is -0.870. The smallest absolute Gasteiger partial charge is 0.361 e. The van der Waals surface area contributed by atoms with Gasteiger partial charge in [-0.3, -0.25) is 9.59 Å². The zero-order valence-electron chi connectivity index (χ0n) is 46.2. The Labute approximate surface area is 427 Å². The fourth-order valence-corrected chi connectivity index (χ4v) is 8.63. The fraction of sp³-hybridized carbons (Fsp3) is 0.883. The minimum absolute atomic E-state index is 0.176. The number of carbonyl (C=O) groups excluding carboxylic acids is 2. The van der Waals surface area contributed by atoms with Crippen molar-refractivity contribution < 1.29 is 42.9 Å². The number of ether oxygens (including phenoxy) is 4. The van der Waals surface area contributed by atoms with Crippen molar-refractivity contribution in [3.63, 3.8) is 0 Å². The van der Waals surface area contributed by atoms with Gasteiger partial charge in [0.25, 0.3) is 6.29 Å². The van der Waals surface area contributed by atoms with Gasteiger partial charge in [-0.2, -0.15) is 0 Å². The molecular weight excluding hydrogens is 863 g/mol. The molecule has 406 valence electrons. The number of esters is 2. The van der Waals surface area contributed by atoms with Gasteiger partial charge < -0.3 is 28.5 Å². The maximum absolute atomic E-state index is 12.9. The van der Waals surface area contributed by atoms with Gasteiger partial charge >= 0.3 is 17.9 Å². The minimum atomic E-state index is -1.51. The third-order valence-electron chi connectivity index (χ3n) is 13.2. The third-order valence-corrected chi connectivity index (χ3v) is 13.2. The first-order valence-corrected chi connectivity index (χ1v) is 29.5. The van der Waals surface area contributed by atoms with Gasteiger partial charge in [-0.15, -0.1) is 0 Å². The summed E-state index contributed by atoms with van der Waals surface area (Å²) in [5.41, 5.74) is 0. The molecule has 0 aliphatic heterocycles. The number of carboxylic acids is 1. The second-order valence-corrected chi connectivity index (χ2v) is 21.3. The van der Waals surface area contributed by atoms with Gasteiger partial charge in [-0.1, -0.05) is 250 Å². The summed E-state index contributed by atoms with van der Waals surface area (Å²) in [5, 5.41) is 9.70. The lowest BCUT2D eigenvalue weighted by atomic mass is 10.0. The Balaban J connectivity index is 4.17. The number of nitrogens with zero attached hydrogens (tertiary/aromatic N) is 1. The molecule has 0 aromatic rings. The lowest BCUT2D eigenvalue weighted by Gasteiger charge is -2.25. The maximum Gasteiger partial charge on any atom is 0.361 e. The molecule has 69 heavy (non-hydrogen) atoms. The largest absolute Gasteiger partial charge is 0.477 e. The van der Waals surface area contributed by atoms with E-state index in [-0.39, 0.29) is 38.2 Å². The van der Waals surface area contributed by atoms with E-state index in [1.165, 1.54) is 212 Å². The SMILES string of the molecule is CCCCCCC/C=C\C/C=C\CCCCCCCCCCCCCCCCCC(=O)OC(COC(=O)CCCCCCCCCCCCCCCCCCC)COC(OCC[N+](C)(C)C)C(=O)O. The molecular formula is C60H114NO8+. The van der Waals surface area contributed by atoms with E-state index < -0.39 is 18.4 Å². The number of aliphatic carboxylic acids is 1. The van der Waals surface area contributed by atoms with Crippen molar-refractivity contribution in [1.82, 2.24) is 0 Å². The van der Waals surface area contributed by atoms with Gasteiger partial charge in [0.05, 0.1) is 34.4 Å². The molecule has 9 nitrogen and oxygen atoms in total. The van der Waals surface area contributed by atoms with E-state index in [1.54, 1.807) is 0 Å². The molecule has 0 saturated heterocycles. The van der Waals surface area contributed by atoms with Gasteiger partial charge in [0.15, 0.2) is 6.10 Å². The van der Waals surface area contributed by atoms with Crippen LogP contribution in [0.3, 0.4) is 0 Å². The first-order valence-electron chi connectivity index (χ1n) is 29.5. The highest BCUT2D eigenvalue weighted by atomic mass is 16.7. The zero-order chi connectivity index (χ0) is 50.6. The van der Waals surface area contributed by atoms with Crippen LogP contribution in [0.25, 0.3) is 0 Å². The van der Waals surface area contributed by atoms with Crippen molar-refractivity contribution >= 4 is 17.9 Å². The topological polar surface area (TPSA) is 108 Å². The highest BCUT2D eigenvalue weighted by molar-refractivity contribution is 5.71. The predicted octanol–water partition coefficient (Wildman–Crippen LogP) is 17.1. The summed E-state index contributed by atoms with van der Waals surface area (Å²) in [6.45, 7) is 4.92. The first kappa shape index (κ1) is 66.8. The predicted molar refractivity (Wildman–Crippen MR) is 291 cm³/mol. The molecule has 0 bridgehead atoms. The molecule has 0 fully saturated rings. The van der Waals surface area contributed by atoms with Gasteiger partial charge in [-0.05, 0) is 44.9 Å². The van der Waals surface area contributed by atoms with Crippen LogP contribution in [0.5, 0.6) is 0 Å². The van der Waals surface area contributed by atoms with Crippen molar-refractivity contribution in [2.75, 3.05) is 47.5 Å². The molecule has 0 amide bonds. The number of hydrogen-bond acceptors (Lipinski definition) is 7. The van der Waals surface area contributed by atoms with Crippen molar-refractivity contribution in [2.24, 2.45) is 0 Å². The summed E-state index contributed by atoms with van der Waals surface area (Å²) >= 11 is 0. The number of carboxylic acid groups (broad SMARTS) is 1. The summed E-state index contributed by atoms with van der Waals surface area (Å²) in [6, 6.07) is 0. The molecule has 0 rings (SSSR count). The molecule has 0 saturated carbocycles. The van der Waals surface area contributed by atoms with Crippen LogP contribution in [0, 0.1) is 0 Å². The Morgan fingerprint density at radius 2 is 0.783 bits per heavy atom. The number of carbonyl (C=O) groups is 3. The second kappa shape index (κ2) is 52.1. The van der Waals surface area contributed by atoms with E-state index in [0.717, 1.165) is 44.9 Å². The third kappa shape index (κ3) is 53.4. The lowest BCUT2D eigenvalue weighted by Crippen LogP contribution is -2.40. The van der Waals surface area contributed by atoms with Crippen molar-refractivity contribution in [3.05, 3.63) is 24.3 Å². The molecule has 0 aromatic heterocycles. The molecule has 2 unspecified atom stereocenters. The number of quaternary nitrogens is 1. The Kier molecular flexibility index (Phi) is 50.4. The standard InChI is InChI=1S/C60H113NO8/c1-6-8-10-12-14-16-18-20-22-24-25-26-27-28-29-30-31-32-33-35-37-39-41-43-45-47-49-51-58(63)69-56(55-68-60(59(64)65)66-53-52-61(3,4)5)54-67-57(62)50-48-46-44-42-40-38-36-34-23-21-19-17-15-13-11-9-7-2/h18,20,24-25,56,60H,6-17,19,21-23,26-55H2,1-5H3/p+1/b20-18-,25-24-. The Morgan fingerprint density at radius 3 is 1.14 bits per heavy atom. The van der Waals surface area contributed by atoms with Crippen LogP contribution in [0.4, 0.5) is 0 Å². The Hall–Kier alpha value is -2.23. The Morgan fingerprint density at radius 1 is 0.435 bits per heavy atom. The van der Waals surface area contributed by atoms with Crippen LogP contribution < -0.4 is 0 Å². The molecule has 0 radical (unpaired) electrons. The van der Waals surface area contributed by atoms with E-state index in [1.807, 2.05) is 21.1 Å². The van der Waals surface area contributed by atoms with Crippen molar-refractivity contribution in [1.29, 1.82) is 0 Å². The normalized spacial score (nSPS) is 12.9. The average molecular weight is 978 g/mol. The van der Waals surface area contributed by atoms with E-state index in [9.17, 15) is 19.5 Å². The van der Waals surface area contributed by atoms with Crippen LogP contribution in [0.15, 0.2) is 24.3 Å². The van der Waals surface area contributed by atoms with E-state index >= 15 is 0 Å². The van der Waals surface area contributed by atoms with Crippen molar-refractivity contribution in [3.8, 4) is 0 Å². The van der Waals surface area contributed by atoms with Gasteiger partial charge in [0, 0.05) is 12.8 Å². The molecule has 2 atom stereocenters. The average Bonchev–Trinajstić information content (AvgIpc) is 3.31.